The van der Waals surface area contributed by atoms with Gasteiger partial charge in [0, 0.05) is 18.9 Å². The number of hydrogen-bond acceptors (Lipinski definition) is 4. The van der Waals surface area contributed by atoms with Crippen LogP contribution in [0.3, 0.4) is 0 Å². The highest BCUT2D eigenvalue weighted by molar-refractivity contribution is 7.19. The first-order valence-electron chi connectivity index (χ1n) is 4.93. The summed E-state index contributed by atoms with van der Waals surface area (Å²) in [6, 6.07) is 4.02. The first kappa shape index (κ1) is 10.1. The van der Waals surface area contributed by atoms with E-state index in [-0.39, 0.29) is 0 Å². The van der Waals surface area contributed by atoms with Gasteiger partial charge in [-0.05, 0) is 31.5 Å². The SMILES string of the molecule is CCNc1nc(C)c(-c2ccncc2)s1. The van der Waals surface area contributed by atoms with E-state index in [9.17, 15) is 0 Å². The van der Waals surface area contributed by atoms with Gasteiger partial charge in [-0.1, -0.05) is 11.3 Å². The fourth-order valence-corrected chi connectivity index (χ4v) is 2.43. The van der Waals surface area contributed by atoms with Crippen LogP contribution in [0.5, 0.6) is 0 Å². The Morgan fingerprint density at radius 1 is 1.33 bits per heavy atom. The first-order chi connectivity index (χ1) is 7.31. The van der Waals surface area contributed by atoms with E-state index in [2.05, 4.69) is 22.2 Å². The molecule has 0 aliphatic carbocycles. The van der Waals surface area contributed by atoms with E-state index in [1.54, 1.807) is 23.7 Å². The molecule has 0 fully saturated rings. The molecule has 3 nitrogen and oxygen atoms in total. The van der Waals surface area contributed by atoms with Crippen molar-refractivity contribution in [2.24, 2.45) is 0 Å². The van der Waals surface area contributed by atoms with Crippen LogP contribution in [0.1, 0.15) is 12.6 Å². The summed E-state index contributed by atoms with van der Waals surface area (Å²) < 4.78 is 0. The van der Waals surface area contributed by atoms with Gasteiger partial charge in [-0.3, -0.25) is 4.98 Å². The maximum Gasteiger partial charge on any atom is 0.183 e. The van der Waals surface area contributed by atoms with E-state index in [0.717, 1.165) is 17.4 Å². The van der Waals surface area contributed by atoms with Crippen LogP contribution in [-0.2, 0) is 0 Å². The average Bonchev–Trinajstić information content (AvgIpc) is 2.61. The summed E-state index contributed by atoms with van der Waals surface area (Å²) in [6.07, 6.45) is 3.61. The van der Waals surface area contributed by atoms with Gasteiger partial charge in [0.25, 0.3) is 0 Å². The number of rotatable bonds is 3. The van der Waals surface area contributed by atoms with Crippen LogP contribution in [0.2, 0.25) is 0 Å². The van der Waals surface area contributed by atoms with Crippen LogP contribution in [-0.4, -0.2) is 16.5 Å². The number of nitrogens with one attached hydrogen (secondary N) is 1. The summed E-state index contributed by atoms with van der Waals surface area (Å²) in [6.45, 7) is 5.01. The zero-order valence-electron chi connectivity index (χ0n) is 8.82. The van der Waals surface area contributed by atoms with E-state index >= 15 is 0 Å². The molecule has 0 aliphatic rings. The van der Waals surface area contributed by atoms with Crippen molar-refractivity contribution in [1.82, 2.24) is 9.97 Å². The van der Waals surface area contributed by atoms with Crippen LogP contribution < -0.4 is 5.32 Å². The zero-order chi connectivity index (χ0) is 10.7. The number of hydrogen-bond donors (Lipinski definition) is 1. The maximum absolute atomic E-state index is 4.46. The molecule has 0 saturated carbocycles. The number of anilines is 1. The molecule has 0 unspecified atom stereocenters. The van der Waals surface area contributed by atoms with Crippen molar-refractivity contribution in [3.63, 3.8) is 0 Å². The fraction of sp³-hybridized carbons (Fsp3) is 0.273. The van der Waals surface area contributed by atoms with Crippen LogP contribution in [0.25, 0.3) is 10.4 Å². The molecule has 2 rings (SSSR count). The third-order valence-corrected chi connectivity index (χ3v) is 3.23. The Hall–Kier alpha value is -1.42. The smallest absolute Gasteiger partial charge is 0.183 e. The molecular weight excluding hydrogens is 206 g/mol. The van der Waals surface area contributed by atoms with Gasteiger partial charge in [0.05, 0.1) is 10.6 Å². The fourth-order valence-electron chi connectivity index (χ4n) is 1.39. The molecule has 2 aromatic heterocycles. The minimum absolute atomic E-state index is 0.905. The molecular formula is C11H13N3S. The Bertz CT molecular complexity index is 436. The van der Waals surface area contributed by atoms with Crippen LogP contribution in [0, 0.1) is 6.92 Å². The van der Waals surface area contributed by atoms with Crippen LogP contribution >= 0.6 is 11.3 Å². The first-order valence-corrected chi connectivity index (χ1v) is 5.74. The standard InChI is InChI=1S/C11H13N3S/c1-3-13-11-14-8(2)10(15-11)9-4-6-12-7-5-9/h4-7H,3H2,1-2H3,(H,13,14). The lowest BCUT2D eigenvalue weighted by Gasteiger charge is -1.96. The summed E-state index contributed by atoms with van der Waals surface area (Å²) in [5.41, 5.74) is 2.26. The third-order valence-electron chi connectivity index (χ3n) is 2.07. The lowest BCUT2D eigenvalue weighted by atomic mass is 10.2. The van der Waals surface area contributed by atoms with Crippen molar-refractivity contribution >= 4 is 16.5 Å². The van der Waals surface area contributed by atoms with Crippen molar-refractivity contribution in [2.75, 3.05) is 11.9 Å². The maximum atomic E-state index is 4.46. The van der Waals surface area contributed by atoms with Crippen LogP contribution in [0.15, 0.2) is 24.5 Å². The quantitative estimate of drug-likeness (QED) is 0.862. The highest BCUT2D eigenvalue weighted by Crippen LogP contribution is 2.31. The van der Waals surface area contributed by atoms with Gasteiger partial charge in [0.2, 0.25) is 0 Å². The lowest BCUT2D eigenvalue weighted by Crippen LogP contribution is -1.94. The summed E-state index contributed by atoms with van der Waals surface area (Å²) in [5, 5.41) is 4.22. The molecule has 0 atom stereocenters. The van der Waals surface area contributed by atoms with E-state index in [1.807, 2.05) is 19.1 Å². The molecule has 1 N–H and O–H groups in total. The number of thiazole rings is 1. The second kappa shape index (κ2) is 4.40. The molecule has 78 valence electrons. The van der Waals surface area contributed by atoms with Crippen molar-refractivity contribution in [3.05, 3.63) is 30.2 Å². The molecule has 15 heavy (non-hydrogen) atoms. The molecule has 4 heteroatoms. The monoisotopic (exact) mass is 219 g/mol. The van der Waals surface area contributed by atoms with E-state index in [0.29, 0.717) is 0 Å². The predicted molar refractivity (Wildman–Crippen MR) is 64.2 cm³/mol. The minimum atomic E-state index is 0.905. The number of aryl methyl sites for hydroxylation is 1. The van der Waals surface area contributed by atoms with Crippen LogP contribution in [0.4, 0.5) is 5.13 Å². The largest absolute Gasteiger partial charge is 0.362 e. The van der Waals surface area contributed by atoms with Gasteiger partial charge >= 0.3 is 0 Å². The zero-order valence-corrected chi connectivity index (χ0v) is 9.64. The highest BCUT2D eigenvalue weighted by Gasteiger charge is 2.08. The Morgan fingerprint density at radius 2 is 2.07 bits per heavy atom. The number of aromatic nitrogens is 2. The second-order valence-electron chi connectivity index (χ2n) is 3.20. The number of nitrogens with zero attached hydrogens (tertiary/aromatic N) is 2. The topological polar surface area (TPSA) is 37.8 Å². The molecule has 0 radical (unpaired) electrons. The number of pyridine rings is 1. The summed E-state index contributed by atoms with van der Waals surface area (Å²) >= 11 is 1.69. The van der Waals surface area contributed by atoms with Gasteiger partial charge in [0.1, 0.15) is 0 Å². The molecule has 2 aromatic rings. The van der Waals surface area contributed by atoms with Crippen molar-refractivity contribution < 1.29 is 0 Å². The lowest BCUT2D eigenvalue weighted by molar-refractivity contribution is 1.17. The Labute approximate surface area is 93.2 Å². The third kappa shape index (κ3) is 2.15. The van der Waals surface area contributed by atoms with Gasteiger partial charge in [-0.2, -0.15) is 0 Å². The summed E-state index contributed by atoms with van der Waals surface area (Å²) in [5.74, 6) is 0. The van der Waals surface area contributed by atoms with E-state index < -0.39 is 0 Å². The van der Waals surface area contributed by atoms with Gasteiger partial charge in [-0.25, -0.2) is 4.98 Å². The summed E-state index contributed by atoms with van der Waals surface area (Å²) in [7, 11) is 0. The Kier molecular flexibility index (Phi) is 2.97. The molecule has 0 spiro atoms. The normalized spacial score (nSPS) is 10.3. The van der Waals surface area contributed by atoms with Gasteiger partial charge < -0.3 is 5.32 Å². The molecule has 0 aromatic carbocycles. The molecule has 0 amide bonds. The van der Waals surface area contributed by atoms with Gasteiger partial charge in [-0.15, -0.1) is 0 Å². The van der Waals surface area contributed by atoms with Crippen molar-refractivity contribution in [2.45, 2.75) is 13.8 Å². The second-order valence-corrected chi connectivity index (χ2v) is 4.20. The van der Waals surface area contributed by atoms with Crippen molar-refractivity contribution in [3.8, 4) is 10.4 Å². The molecule has 2 heterocycles. The molecule has 0 bridgehead atoms. The molecule has 0 aliphatic heterocycles. The Morgan fingerprint density at radius 3 is 2.73 bits per heavy atom. The predicted octanol–water partition coefficient (Wildman–Crippen LogP) is 2.95. The summed E-state index contributed by atoms with van der Waals surface area (Å²) in [4.78, 5) is 9.69. The van der Waals surface area contributed by atoms with Crippen molar-refractivity contribution in [1.29, 1.82) is 0 Å². The molecule has 0 saturated heterocycles. The Balaban J connectivity index is 2.36. The van der Waals surface area contributed by atoms with E-state index in [1.165, 1.54) is 10.4 Å². The average molecular weight is 219 g/mol. The van der Waals surface area contributed by atoms with E-state index in [4.69, 9.17) is 0 Å². The minimum Gasteiger partial charge on any atom is -0.362 e. The van der Waals surface area contributed by atoms with Gasteiger partial charge in [0.15, 0.2) is 5.13 Å². The highest BCUT2D eigenvalue weighted by atomic mass is 32.1.